The van der Waals surface area contributed by atoms with E-state index in [9.17, 15) is 0 Å². The molecule has 0 radical (unpaired) electrons. The quantitative estimate of drug-likeness (QED) is 0.394. The molecule has 1 aliphatic rings. The van der Waals surface area contributed by atoms with Crippen LogP contribution >= 0.6 is 11.8 Å². The minimum atomic E-state index is 0.735. The topological polar surface area (TPSA) is 64.1 Å². The number of nitrogens with zero attached hydrogens (tertiary/aromatic N) is 7. The van der Waals surface area contributed by atoms with Crippen molar-refractivity contribution in [2.45, 2.75) is 57.1 Å². The molecule has 1 aliphatic heterocycles. The third-order valence-corrected chi connectivity index (χ3v) is 6.95. The van der Waals surface area contributed by atoms with Gasteiger partial charge in [-0.15, -0.1) is 10.2 Å². The molecule has 1 aromatic carbocycles. The van der Waals surface area contributed by atoms with Crippen LogP contribution in [0.2, 0.25) is 0 Å². The van der Waals surface area contributed by atoms with Crippen LogP contribution in [0.1, 0.15) is 47.7 Å². The monoisotopic (exact) mass is 447 g/mol. The third kappa shape index (κ3) is 4.71. The van der Waals surface area contributed by atoms with Gasteiger partial charge in [-0.2, -0.15) is 0 Å². The van der Waals surface area contributed by atoms with Crippen LogP contribution in [0.5, 0.6) is 0 Å². The van der Waals surface area contributed by atoms with Gasteiger partial charge in [0.15, 0.2) is 5.16 Å². The van der Waals surface area contributed by atoms with E-state index in [-0.39, 0.29) is 0 Å². The molecule has 1 saturated heterocycles. The number of likely N-dealkylation sites (tertiary alicyclic amines) is 1. The normalized spacial score (nSPS) is 14.9. The molecule has 0 N–H and O–H groups in total. The number of piperidine rings is 1. The molecular formula is C24H29N7S. The summed E-state index contributed by atoms with van der Waals surface area (Å²) in [4.78, 5) is 11.8. The molecule has 0 amide bonds. The Morgan fingerprint density at radius 2 is 1.75 bits per heavy atom. The van der Waals surface area contributed by atoms with Crippen molar-refractivity contribution in [2.24, 2.45) is 0 Å². The summed E-state index contributed by atoms with van der Waals surface area (Å²) in [6.07, 6.45) is 5.96. The molecule has 32 heavy (non-hydrogen) atoms. The first-order valence-electron chi connectivity index (χ1n) is 11.3. The lowest BCUT2D eigenvalue weighted by Gasteiger charge is -2.26. The first kappa shape index (κ1) is 21.2. The third-order valence-electron chi connectivity index (χ3n) is 5.95. The Hall–Kier alpha value is -2.71. The van der Waals surface area contributed by atoms with Crippen molar-refractivity contribution in [1.82, 2.24) is 34.0 Å². The SMILES string of the molecule is Cc1cc(C)n2cc(CSc3nnc(CN4CCCCC4)n3Cc3ccccc3)nc2n1. The molecule has 7 nitrogen and oxygen atoms in total. The molecule has 3 aromatic heterocycles. The lowest BCUT2D eigenvalue weighted by molar-refractivity contribution is 0.213. The number of rotatable bonds is 7. The zero-order valence-corrected chi connectivity index (χ0v) is 19.6. The molecule has 5 rings (SSSR count). The van der Waals surface area contributed by atoms with Crippen molar-refractivity contribution in [3.63, 3.8) is 0 Å². The fraction of sp³-hybridized carbons (Fsp3) is 0.417. The van der Waals surface area contributed by atoms with E-state index in [1.165, 1.54) is 24.8 Å². The summed E-state index contributed by atoms with van der Waals surface area (Å²) in [5.41, 5.74) is 4.40. The summed E-state index contributed by atoms with van der Waals surface area (Å²) in [6.45, 7) is 8.03. The molecule has 0 bridgehead atoms. The Morgan fingerprint density at radius 1 is 0.938 bits per heavy atom. The van der Waals surface area contributed by atoms with Gasteiger partial charge >= 0.3 is 0 Å². The van der Waals surface area contributed by atoms with E-state index in [0.717, 1.165) is 65.8 Å². The molecular weight excluding hydrogens is 418 g/mol. The van der Waals surface area contributed by atoms with E-state index in [1.54, 1.807) is 11.8 Å². The maximum Gasteiger partial charge on any atom is 0.234 e. The number of fused-ring (bicyclic) bond motifs is 1. The summed E-state index contributed by atoms with van der Waals surface area (Å²) >= 11 is 1.69. The van der Waals surface area contributed by atoms with Gasteiger partial charge in [-0.1, -0.05) is 48.5 Å². The van der Waals surface area contributed by atoms with Crippen LogP contribution in [-0.2, 0) is 18.8 Å². The van der Waals surface area contributed by atoms with Crippen molar-refractivity contribution in [1.29, 1.82) is 0 Å². The Balaban J connectivity index is 1.38. The second-order valence-corrected chi connectivity index (χ2v) is 9.48. The molecule has 1 fully saturated rings. The van der Waals surface area contributed by atoms with E-state index in [0.29, 0.717) is 0 Å². The van der Waals surface area contributed by atoms with Crippen LogP contribution < -0.4 is 0 Å². The van der Waals surface area contributed by atoms with Crippen molar-refractivity contribution >= 4 is 17.5 Å². The predicted molar refractivity (Wildman–Crippen MR) is 127 cm³/mol. The van der Waals surface area contributed by atoms with Crippen LogP contribution in [-0.4, -0.2) is 47.1 Å². The van der Waals surface area contributed by atoms with Gasteiger partial charge in [-0.05, 0) is 51.4 Å². The zero-order valence-electron chi connectivity index (χ0n) is 18.7. The molecule has 0 aliphatic carbocycles. The standard InChI is InChI=1S/C24H29N7S/c1-18-13-19(2)30-15-21(26-23(30)25-18)17-32-24-28-27-22(16-29-11-7-4-8-12-29)31(24)14-20-9-5-3-6-10-20/h3,5-6,9-10,13,15H,4,7-8,11-12,14,16-17H2,1-2H3. The number of aryl methyl sites for hydroxylation is 2. The zero-order chi connectivity index (χ0) is 21.9. The average Bonchev–Trinajstić information content (AvgIpc) is 3.38. The first-order chi connectivity index (χ1) is 15.7. The molecule has 0 saturated carbocycles. The number of thioether (sulfide) groups is 1. The van der Waals surface area contributed by atoms with Gasteiger partial charge < -0.3 is 4.57 Å². The largest absolute Gasteiger partial charge is 0.300 e. The van der Waals surface area contributed by atoms with Gasteiger partial charge in [0.25, 0.3) is 0 Å². The van der Waals surface area contributed by atoms with Gasteiger partial charge in [0.05, 0.1) is 18.8 Å². The second kappa shape index (κ2) is 9.42. The summed E-state index contributed by atoms with van der Waals surface area (Å²) in [5, 5.41) is 10.1. The summed E-state index contributed by atoms with van der Waals surface area (Å²) < 4.78 is 4.33. The van der Waals surface area contributed by atoms with Crippen LogP contribution in [0.4, 0.5) is 0 Å². The van der Waals surface area contributed by atoms with Gasteiger partial charge in [0, 0.05) is 23.3 Å². The molecule has 4 heterocycles. The first-order valence-corrected chi connectivity index (χ1v) is 12.3. The molecule has 4 aromatic rings. The number of imidazole rings is 1. The van der Waals surface area contributed by atoms with Crippen molar-refractivity contribution in [3.05, 3.63) is 71.1 Å². The Labute approximate surface area is 192 Å². The van der Waals surface area contributed by atoms with Crippen molar-refractivity contribution < 1.29 is 0 Å². The summed E-state index contributed by atoms with van der Waals surface area (Å²) in [5.74, 6) is 2.54. The molecule has 166 valence electrons. The minimum absolute atomic E-state index is 0.735. The van der Waals surface area contributed by atoms with E-state index in [4.69, 9.17) is 4.98 Å². The van der Waals surface area contributed by atoms with Crippen LogP contribution in [0, 0.1) is 13.8 Å². The van der Waals surface area contributed by atoms with E-state index in [2.05, 4.69) is 78.6 Å². The summed E-state index contributed by atoms with van der Waals surface area (Å²) in [7, 11) is 0. The number of aromatic nitrogens is 6. The highest BCUT2D eigenvalue weighted by Gasteiger charge is 2.18. The molecule has 0 atom stereocenters. The van der Waals surface area contributed by atoms with Gasteiger partial charge in [0.2, 0.25) is 5.78 Å². The van der Waals surface area contributed by atoms with Crippen LogP contribution in [0.15, 0.2) is 47.8 Å². The van der Waals surface area contributed by atoms with Crippen LogP contribution in [0.3, 0.4) is 0 Å². The molecule has 0 spiro atoms. The summed E-state index contributed by atoms with van der Waals surface area (Å²) in [6, 6.07) is 12.6. The second-order valence-electron chi connectivity index (χ2n) is 8.54. The Morgan fingerprint density at radius 3 is 2.56 bits per heavy atom. The Kier molecular flexibility index (Phi) is 6.23. The van der Waals surface area contributed by atoms with Crippen molar-refractivity contribution in [3.8, 4) is 0 Å². The molecule has 8 heteroatoms. The van der Waals surface area contributed by atoms with Gasteiger partial charge in [0.1, 0.15) is 5.82 Å². The maximum absolute atomic E-state index is 4.73. The fourth-order valence-corrected chi connectivity index (χ4v) is 5.15. The highest BCUT2D eigenvalue weighted by atomic mass is 32.2. The number of benzene rings is 1. The Bertz CT molecular complexity index is 1190. The van der Waals surface area contributed by atoms with Gasteiger partial charge in [-0.3, -0.25) is 9.30 Å². The van der Waals surface area contributed by atoms with E-state index >= 15 is 0 Å². The lowest BCUT2D eigenvalue weighted by Crippen LogP contribution is -2.30. The average molecular weight is 448 g/mol. The molecule has 0 unspecified atom stereocenters. The predicted octanol–water partition coefficient (Wildman–Crippen LogP) is 4.26. The fourth-order valence-electron chi connectivity index (χ4n) is 4.31. The number of hydrogen-bond acceptors (Lipinski definition) is 6. The highest BCUT2D eigenvalue weighted by molar-refractivity contribution is 7.98. The smallest absolute Gasteiger partial charge is 0.234 e. The minimum Gasteiger partial charge on any atom is -0.300 e. The number of hydrogen-bond donors (Lipinski definition) is 0. The van der Waals surface area contributed by atoms with Crippen molar-refractivity contribution in [2.75, 3.05) is 13.1 Å². The maximum atomic E-state index is 4.73. The van der Waals surface area contributed by atoms with E-state index in [1.807, 2.05) is 6.92 Å². The van der Waals surface area contributed by atoms with Gasteiger partial charge in [-0.25, -0.2) is 9.97 Å². The highest BCUT2D eigenvalue weighted by Crippen LogP contribution is 2.24. The van der Waals surface area contributed by atoms with Crippen LogP contribution in [0.25, 0.3) is 5.78 Å². The lowest BCUT2D eigenvalue weighted by atomic mass is 10.1. The van der Waals surface area contributed by atoms with E-state index < -0.39 is 0 Å².